The Kier molecular flexibility index (Phi) is 4.93. The number of hydrogen-bond acceptors (Lipinski definition) is 2. The topological polar surface area (TPSA) is 12.5 Å². The molecule has 1 fully saturated rings. The third-order valence-electron chi connectivity index (χ3n) is 1.90. The van der Waals surface area contributed by atoms with E-state index in [1.54, 1.807) is 0 Å². The molecule has 0 spiro atoms. The third kappa shape index (κ3) is 3.72. The fourth-order valence-corrected chi connectivity index (χ4v) is 2.37. The Hall–Kier alpha value is 0.179. The van der Waals surface area contributed by atoms with Gasteiger partial charge in [0, 0.05) is 0 Å². The first-order chi connectivity index (χ1) is 5.83. The van der Waals surface area contributed by atoms with Crippen LogP contribution in [-0.4, -0.2) is 52.7 Å². The van der Waals surface area contributed by atoms with Gasteiger partial charge in [0.05, 0.1) is 0 Å². The van der Waals surface area contributed by atoms with E-state index >= 15 is 0 Å². The molecule has 1 aliphatic rings. The molecule has 0 bridgehead atoms. The van der Waals surface area contributed by atoms with Gasteiger partial charge in [0.25, 0.3) is 0 Å². The van der Waals surface area contributed by atoms with Gasteiger partial charge in [-0.1, -0.05) is 0 Å². The van der Waals surface area contributed by atoms with Gasteiger partial charge in [0.15, 0.2) is 0 Å². The van der Waals surface area contributed by atoms with Crippen LogP contribution in [0.5, 0.6) is 0 Å². The molecule has 0 amide bonds. The van der Waals surface area contributed by atoms with Crippen LogP contribution >= 0.6 is 0 Å². The Bertz CT molecular complexity index is 143. The molecule has 1 saturated heterocycles. The molecule has 0 atom stereocenters. The van der Waals surface area contributed by atoms with Gasteiger partial charge in [-0.15, -0.1) is 0 Å². The number of nitrogens with zero attached hydrogens (tertiary/aromatic N) is 1. The Morgan fingerprint density at radius 3 is 2.75 bits per heavy atom. The summed E-state index contributed by atoms with van der Waals surface area (Å²) in [7, 11) is 0. The van der Waals surface area contributed by atoms with E-state index in [1.807, 2.05) is 0 Å². The number of ether oxygens (including phenoxy) is 1. The fourth-order valence-electron chi connectivity index (χ4n) is 1.33. The van der Waals surface area contributed by atoms with Crippen molar-refractivity contribution in [3.8, 4) is 0 Å². The predicted octanol–water partition coefficient (Wildman–Crippen LogP) is 1.05. The second-order valence-corrected chi connectivity index (χ2v) is 4.89. The molecule has 0 aromatic carbocycles. The molecule has 1 rings (SSSR count). The van der Waals surface area contributed by atoms with E-state index in [0.29, 0.717) is 0 Å². The van der Waals surface area contributed by atoms with Gasteiger partial charge in [-0.25, -0.2) is 0 Å². The maximum atomic E-state index is 5.27. The van der Waals surface area contributed by atoms with Crippen LogP contribution in [0.1, 0.15) is 0 Å². The summed E-state index contributed by atoms with van der Waals surface area (Å²) in [4.78, 5) is 2.43. The normalized spacial score (nSPS) is 19.4. The average Bonchev–Trinajstić information content (AvgIpc) is 2.06. The van der Waals surface area contributed by atoms with E-state index in [4.69, 9.17) is 4.74 Å². The molecule has 1 heterocycles. The maximum absolute atomic E-state index is 5.27. The molecule has 0 unspecified atom stereocenters. The van der Waals surface area contributed by atoms with Gasteiger partial charge in [0.2, 0.25) is 0 Å². The molecule has 0 aliphatic carbocycles. The summed E-state index contributed by atoms with van der Waals surface area (Å²) in [6.45, 7) is 9.10. The van der Waals surface area contributed by atoms with E-state index < -0.39 is 0 Å². The van der Waals surface area contributed by atoms with Crippen LogP contribution in [0.25, 0.3) is 0 Å². The third-order valence-corrected chi connectivity index (χ3v) is 3.36. The second-order valence-electron chi connectivity index (χ2n) is 3.07. The van der Waals surface area contributed by atoms with Crippen molar-refractivity contribution in [2.24, 2.45) is 0 Å². The van der Waals surface area contributed by atoms with Gasteiger partial charge in [-0.05, 0) is 0 Å². The molecule has 3 heteroatoms. The summed E-state index contributed by atoms with van der Waals surface area (Å²) < 4.78 is 5.27. The quantitative estimate of drug-likeness (QED) is 0.532. The molecule has 2 nitrogen and oxygen atoms in total. The molecule has 0 radical (unpaired) electrons. The molecule has 12 heavy (non-hydrogen) atoms. The van der Waals surface area contributed by atoms with Crippen molar-refractivity contribution in [1.29, 1.82) is 0 Å². The fraction of sp³-hybridized carbons (Fsp3) is 0.778. The summed E-state index contributed by atoms with van der Waals surface area (Å²) in [6.07, 6.45) is 0. The zero-order valence-corrected chi connectivity index (χ0v) is 9.43. The molecule has 70 valence electrons. The molecule has 1 aliphatic heterocycles. The Balaban J connectivity index is 2.15. The summed E-state index contributed by atoms with van der Waals surface area (Å²) in [5.41, 5.74) is 1.39. The van der Waals surface area contributed by atoms with Crippen molar-refractivity contribution < 1.29 is 4.74 Å². The van der Waals surface area contributed by atoms with E-state index in [9.17, 15) is 0 Å². The van der Waals surface area contributed by atoms with Gasteiger partial charge >= 0.3 is 80.7 Å². The average molecular weight is 234 g/mol. The monoisotopic (exact) mass is 235 g/mol. The number of rotatable bonds is 4. The summed E-state index contributed by atoms with van der Waals surface area (Å²) >= 11 is 0.739. The minimum atomic E-state index is 0.739. The SMILES string of the molecule is C=C(C[Se]C)CN1CCOCC1. The summed E-state index contributed by atoms with van der Waals surface area (Å²) in [5.74, 6) is 2.26. The standard InChI is InChI=1S/C9H17NOSe/c1-9(8-12-2)7-10-3-5-11-6-4-10/h1,3-8H2,2H3. The van der Waals surface area contributed by atoms with Crippen molar-refractivity contribution in [2.45, 2.75) is 11.1 Å². The first kappa shape index (κ1) is 10.3. The van der Waals surface area contributed by atoms with Crippen LogP contribution < -0.4 is 0 Å². The minimum absolute atomic E-state index is 0.739. The summed E-state index contributed by atoms with van der Waals surface area (Å²) in [5, 5.41) is 1.23. The molecular formula is C9H17NOSe. The van der Waals surface area contributed by atoms with Crippen LogP contribution in [-0.2, 0) is 4.74 Å². The van der Waals surface area contributed by atoms with Crippen molar-refractivity contribution >= 4 is 15.0 Å². The van der Waals surface area contributed by atoms with Crippen LogP contribution in [0.3, 0.4) is 0 Å². The van der Waals surface area contributed by atoms with E-state index in [2.05, 4.69) is 17.3 Å². The van der Waals surface area contributed by atoms with Crippen molar-refractivity contribution in [3.05, 3.63) is 12.2 Å². The van der Waals surface area contributed by atoms with Crippen molar-refractivity contribution in [3.63, 3.8) is 0 Å². The zero-order valence-electron chi connectivity index (χ0n) is 7.71. The number of hydrogen-bond donors (Lipinski definition) is 0. The van der Waals surface area contributed by atoms with Gasteiger partial charge in [-0.2, -0.15) is 0 Å². The molecule has 0 saturated carbocycles. The molecular weight excluding hydrogens is 217 g/mol. The summed E-state index contributed by atoms with van der Waals surface area (Å²) in [6, 6.07) is 0. The van der Waals surface area contributed by atoms with Crippen LogP contribution in [0.4, 0.5) is 0 Å². The molecule has 0 N–H and O–H groups in total. The van der Waals surface area contributed by atoms with E-state index in [-0.39, 0.29) is 0 Å². The Morgan fingerprint density at radius 1 is 1.50 bits per heavy atom. The Morgan fingerprint density at radius 2 is 2.17 bits per heavy atom. The van der Waals surface area contributed by atoms with Gasteiger partial charge < -0.3 is 0 Å². The Labute approximate surface area is 81.1 Å². The first-order valence-corrected chi connectivity index (χ1v) is 7.21. The van der Waals surface area contributed by atoms with Crippen molar-refractivity contribution in [1.82, 2.24) is 4.90 Å². The van der Waals surface area contributed by atoms with Gasteiger partial charge in [0.1, 0.15) is 0 Å². The van der Waals surface area contributed by atoms with Crippen LogP contribution in [0.15, 0.2) is 12.2 Å². The second kappa shape index (κ2) is 5.76. The molecule has 0 aromatic rings. The van der Waals surface area contributed by atoms with Crippen LogP contribution in [0, 0.1) is 0 Å². The predicted molar refractivity (Wildman–Crippen MR) is 52.8 cm³/mol. The van der Waals surface area contributed by atoms with Gasteiger partial charge in [-0.3, -0.25) is 0 Å². The number of morpholine rings is 1. The van der Waals surface area contributed by atoms with Crippen molar-refractivity contribution in [2.75, 3.05) is 32.8 Å². The van der Waals surface area contributed by atoms with E-state index in [1.165, 1.54) is 10.9 Å². The van der Waals surface area contributed by atoms with Crippen LogP contribution in [0.2, 0.25) is 11.1 Å². The zero-order chi connectivity index (χ0) is 8.81. The molecule has 0 aromatic heterocycles. The first-order valence-electron chi connectivity index (χ1n) is 4.28. The van der Waals surface area contributed by atoms with E-state index in [0.717, 1.165) is 47.8 Å².